The third kappa shape index (κ3) is 3.01. The Morgan fingerprint density at radius 2 is 2.09 bits per heavy atom. The number of likely N-dealkylation sites (N-methyl/N-ethyl adjacent to an activating group) is 1. The molecule has 5 nitrogen and oxygen atoms in total. The number of aromatic nitrogens is 1. The third-order valence-corrected chi connectivity index (χ3v) is 4.59. The zero-order chi connectivity index (χ0) is 15.8. The molecule has 0 radical (unpaired) electrons. The SMILES string of the molecule is CN(CC1Cc2ccccc2CO1)C(=O)c1cc(C2CC2)on1. The van der Waals surface area contributed by atoms with Crippen LogP contribution in [-0.2, 0) is 17.8 Å². The van der Waals surface area contributed by atoms with Crippen LogP contribution >= 0.6 is 0 Å². The van der Waals surface area contributed by atoms with Gasteiger partial charge in [0.25, 0.3) is 5.91 Å². The zero-order valence-corrected chi connectivity index (χ0v) is 13.2. The maximum atomic E-state index is 12.5. The maximum absolute atomic E-state index is 12.5. The Kier molecular flexibility index (Phi) is 3.65. The summed E-state index contributed by atoms with van der Waals surface area (Å²) in [5.41, 5.74) is 2.94. The van der Waals surface area contributed by atoms with Crippen LogP contribution in [0.1, 0.15) is 46.1 Å². The van der Waals surface area contributed by atoms with E-state index in [-0.39, 0.29) is 12.0 Å². The van der Waals surface area contributed by atoms with Crippen LogP contribution in [0.2, 0.25) is 0 Å². The molecule has 1 aromatic carbocycles. The van der Waals surface area contributed by atoms with Crippen LogP contribution in [0.5, 0.6) is 0 Å². The number of carbonyl (C=O) groups is 1. The Hall–Kier alpha value is -2.14. The van der Waals surface area contributed by atoms with Gasteiger partial charge in [0.1, 0.15) is 5.76 Å². The first-order valence-corrected chi connectivity index (χ1v) is 8.11. The van der Waals surface area contributed by atoms with Crippen LogP contribution in [0.4, 0.5) is 0 Å². The van der Waals surface area contributed by atoms with Gasteiger partial charge in [0.15, 0.2) is 5.69 Å². The summed E-state index contributed by atoms with van der Waals surface area (Å²) < 4.78 is 11.1. The molecule has 2 heterocycles. The van der Waals surface area contributed by atoms with Gasteiger partial charge in [-0.3, -0.25) is 4.79 Å². The molecule has 1 saturated carbocycles. The highest BCUT2D eigenvalue weighted by atomic mass is 16.5. The number of hydrogen-bond acceptors (Lipinski definition) is 4. The monoisotopic (exact) mass is 312 g/mol. The lowest BCUT2D eigenvalue weighted by Crippen LogP contribution is -2.38. The van der Waals surface area contributed by atoms with E-state index in [1.807, 2.05) is 12.1 Å². The molecule has 1 aliphatic carbocycles. The molecule has 0 spiro atoms. The van der Waals surface area contributed by atoms with E-state index in [0.29, 0.717) is 24.8 Å². The number of hydrogen-bond donors (Lipinski definition) is 0. The second kappa shape index (κ2) is 5.81. The van der Waals surface area contributed by atoms with Crippen molar-refractivity contribution in [2.24, 2.45) is 0 Å². The minimum Gasteiger partial charge on any atom is -0.371 e. The molecule has 5 heteroatoms. The highest BCUT2D eigenvalue weighted by Crippen LogP contribution is 2.40. The molecular weight excluding hydrogens is 292 g/mol. The average Bonchev–Trinajstić information content (AvgIpc) is 3.31. The smallest absolute Gasteiger partial charge is 0.275 e. The van der Waals surface area contributed by atoms with Crippen molar-refractivity contribution in [1.29, 1.82) is 0 Å². The van der Waals surface area contributed by atoms with Crippen molar-refractivity contribution >= 4 is 5.91 Å². The van der Waals surface area contributed by atoms with Crippen LogP contribution in [0, 0.1) is 0 Å². The normalized spacial score (nSPS) is 20.1. The highest BCUT2D eigenvalue weighted by molar-refractivity contribution is 5.92. The van der Waals surface area contributed by atoms with Gasteiger partial charge in [-0.25, -0.2) is 0 Å². The van der Waals surface area contributed by atoms with Gasteiger partial charge < -0.3 is 14.2 Å². The molecule has 0 bridgehead atoms. The molecule has 0 N–H and O–H groups in total. The number of benzene rings is 1. The van der Waals surface area contributed by atoms with E-state index in [1.54, 1.807) is 18.0 Å². The molecule has 2 aromatic rings. The molecule has 1 amide bonds. The lowest BCUT2D eigenvalue weighted by atomic mass is 9.99. The van der Waals surface area contributed by atoms with Gasteiger partial charge in [-0.05, 0) is 24.0 Å². The van der Waals surface area contributed by atoms with Crippen molar-refractivity contribution in [3.05, 3.63) is 52.9 Å². The van der Waals surface area contributed by atoms with Crippen molar-refractivity contribution in [3.63, 3.8) is 0 Å². The van der Waals surface area contributed by atoms with E-state index >= 15 is 0 Å². The Balaban J connectivity index is 1.39. The van der Waals surface area contributed by atoms with Gasteiger partial charge in [0.05, 0.1) is 12.7 Å². The first-order valence-electron chi connectivity index (χ1n) is 8.11. The largest absolute Gasteiger partial charge is 0.371 e. The second-order valence-electron chi connectivity index (χ2n) is 6.48. The lowest BCUT2D eigenvalue weighted by Gasteiger charge is -2.28. The summed E-state index contributed by atoms with van der Waals surface area (Å²) in [6.07, 6.45) is 3.12. The van der Waals surface area contributed by atoms with Crippen LogP contribution in [0.15, 0.2) is 34.9 Å². The zero-order valence-electron chi connectivity index (χ0n) is 13.2. The van der Waals surface area contributed by atoms with Crippen LogP contribution in [-0.4, -0.2) is 35.7 Å². The van der Waals surface area contributed by atoms with E-state index in [9.17, 15) is 4.79 Å². The van der Waals surface area contributed by atoms with Gasteiger partial charge in [0, 0.05) is 32.0 Å². The van der Waals surface area contributed by atoms with E-state index < -0.39 is 0 Å². The van der Waals surface area contributed by atoms with E-state index in [0.717, 1.165) is 25.0 Å². The Bertz CT molecular complexity index is 721. The molecule has 120 valence electrons. The summed E-state index contributed by atoms with van der Waals surface area (Å²) >= 11 is 0. The van der Waals surface area contributed by atoms with Crippen molar-refractivity contribution in [2.45, 2.75) is 37.9 Å². The summed E-state index contributed by atoms with van der Waals surface area (Å²) in [6.45, 7) is 1.16. The summed E-state index contributed by atoms with van der Waals surface area (Å²) in [4.78, 5) is 14.1. The third-order valence-electron chi connectivity index (χ3n) is 4.59. The fourth-order valence-corrected chi connectivity index (χ4v) is 3.06. The molecule has 1 aromatic heterocycles. The number of amides is 1. The fourth-order valence-electron chi connectivity index (χ4n) is 3.06. The summed E-state index contributed by atoms with van der Waals surface area (Å²) in [6, 6.07) is 10.1. The Morgan fingerprint density at radius 1 is 1.30 bits per heavy atom. The Labute approximate surface area is 135 Å². The molecule has 23 heavy (non-hydrogen) atoms. The number of ether oxygens (including phenoxy) is 1. The van der Waals surface area contributed by atoms with E-state index in [4.69, 9.17) is 9.26 Å². The van der Waals surface area contributed by atoms with Gasteiger partial charge in [-0.2, -0.15) is 0 Å². The summed E-state index contributed by atoms with van der Waals surface area (Å²) in [5, 5.41) is 3.92. The maximum Gasteiger partial charge on any atom is 0.275 e. The number of nitrogens with zero attached hydrogens (tertiary/aromatic N) is 2. The number of fused-ring (bicyclic) bond motifs is 1. The lowest BCUT2D eigenvalue weighted by molar-refractivity contribution is 0.00964. The molecular formula is C18H20N2O3. The predicted octanol–water partition coefficient (Wildman–Crippen LogP) is 2.77. The molecule has 1 aliphatic heterocycles. The Morgan fingerprint density at radius 3 is 2.87 bits per heavy atom. The van der Waals surface area contributed by atoms with Gasteiger partial charge in [-0.1, -0.05) is 29.4 Å². The minimum absolute atomic E-state index is 0.0219. The highest BCUT2D eigenvalue weighted by Gasteiger charge is 2.30. The first kappa shape index (κ1) is 14.5. The molecule has 2 aliphatic rings. The number of carbonyl (C=O) groups excluding carboxylic acids is 1. The molecule has 1 atom stereocenters. The van der Waals surface area contributed by atoms with Crippen molar-refractivity contribution in [1.82, 2.24) is 10.1 Å². The van der Waals surface area contributed by atoms with Gasteiger partial charge in [-0.15, -0.1) is 0 Å². The van der Waals surface area contributed by atoms with E-state index in [2.05, 4.69) is 17.3 Å². The van der Waals surface area contributed by atoms with Crippen LogP contribution < -0.4 is 0 Å². The van der Waals surface area contributed by atoms with Crippen LogP contribution in [0.3, 0.4) is 0 Å². The van der Waals surface area contributed by atoms with Crippen molar-refractivity contribution < 1.29 is 14.1 Å². The van der Waals surface area contributed by atoms with Crippen LogP contribution in [0.25, 0.3) is 0 Å². The number of rotatable bonds is 4. The average molecular weight is 312 g/mol. The van der Waals surface area contributed by atoms with E-state index in [1.165, 1.54) is 11.1 Å². The fraction of sp³-hybridized carbons (Fsp3) is 0.444. The quantitative estimate of drug-likeness (QED) is 0.871. The molecule has 1 fully saturated rings. The van der Waals surface area contributed by atoms with Gasteiger partial charge >= 0.3 is 0 Å². The summed E-state index contributed by atoms with van der Waals surface area (Å²) in [5.74, 6) is 1.19. The molecule has 0 saturated heterocycles. The second-order valence-corrected chi connectivity index (χ2v) is 6.48. The van der Waals surface area contributed by atoms with Gasteiger partial charge in [0.2, 0.25) is 0 Å². The van der Waals surface area contributed by atoms with Crippen molar-refractivity contribution in [2.75, 3.05) is 13.6 Å². The topological polar surface area (TPSA) is 55.6 Å². The van der Waals surface area contributed by atoms with Crippen molar-refractivity contribution in [3.8, 4) is 0 Å². The predicted molar refractivity (Wildman–Crippen MR) is 84.2 cm³/mol. The first-order chi connectivity index (χ1) is 11.2. The summed E-state index contributed by atoms with van der Waals surface area (Å²) in [7, 11) is 1.79. The molecule has 4 rings (SSSR count). The minimum atomic E-state index is -0.108. The standard InChI is InChI=1S/C18H20N2O3/c1-20(18(21)16-9-17(23-19-16)12-6-7-12)10-15-8-13-4-2-3-5-14(13)11-22-15/h2-5,9,12,15H,6-8,10-11H2,1H3. The molecule has 1 unspecified atom stereocenters.